The first-order chi connectivity index (χ1) is 9.19. The Morgan fingerprint density at radius 1 is 1.37 bits per heavy atom. The lowest BCUT2D eigenvalue weighted by molar-refractivity contribution is -0.130. The second-order valence-electron chi connectivity index (χ2n) is 5.43. The van der Waals surface area contributed by atoms with Gasteiger partial charge in [0.05, 0.1) is 6.42 Å². The highest BCUT2D eigenvalue weighted by Crippen LogP contribution is 2.21. The van der Waals surface area contributed by atoms with E-state index in [1.165, 1.54) is 12.8 Å². The fourth-order valence-corrected chi connectivity index (χ4v) is 2.78. The minimum atomic E-state index is 0.183. The van der Waals surface area contributed by atoms with Gasteiger partial charge in [0.1, 0.15) is 5.75 Å². The van der Waals surface area contributed by atoms with Crippen LogP contribution in [0.3, 0.4) is 0 Å². The van der Waals surface area contributed by atoms with Gasteiger partial charge in [-0.05, 0) is 42.9 Å². The Morgan fingerprint density at radius 2 is 2.21 bits per heavy atom. The number of hydrogen-bond acceptors (Lipinski definition) is 2. The molecule has 1 N–H and O–H groups in total. The van der Waals surface area contributed by atoms with Crippen molar-refractivity contribution in [1.82, 2.24) is 4.90 Å². The molecule has 1 aromatic rings. The highest BCUT2D eigenvalue weighted by molar-refractivity contribution is 5.78. The van der Waals surface area contributed by atoms with E-state index in [0.717, 1.165) is 37.4 Å². The summed E-state index contributed by atoms with van der Waals surface area (Å²) >= 11 is 0. The fourth-order valence-electron chi connectivity index (χ4n) is 2.78. The van der Waals surface area contributed by atoms with Crippen molar-refractivity contribution >= 4 is 5.91 Å². The molecular formula is C16H23NO2. The average molecular weight is 261 g/mol. The zero-order valence-electron chi connectivity index (χ0n) is 11.6. The van der Waals surface area contributed by atoms with Gasteiger partial charge in [0.25, 0.3) is 0 Å². The van der Waals surface area contributed by atoms with Crippen LogP contribution in [0.5, 0.6) is 5.75 Å². The van der Waals surface area contributed by atoms with Crippen molar-refractivity contribution in [2.45, 2.75) is 39.0 Å². The number of aromatic hydroxyl groups is 1. The van der Waals surface area contributed by atoms with Crippen LogP contribution in [0.15, 0.2) is 24.3 Å². The van der Waals surface area contributed by atoms with Gasteiger partial charge < -0.3 is 10.0 Å². The Balaban J connectivity index is 1.92. The smallest absolute Gasteiger partial charge is 0.226 e. The number of carbonyl (C=O) groups excluding carboxylic acids is 1. The second-order valence-corrected chi connectivity index (χ2v) is 5.43. The number of amides is 1. The van der Waals surface area contributed by atoms with Crippen LogP contribution in [-0.2, 0) is 11.2 Å². The first-order valence-electron chi connectivity index (χ1n) is 7.24. The summed E-state index contributed by atoms with van der Waals surface area (Å²) < 4.78 is 0. The number of rotatable bonds is 3. The van der Waals surface area contributed by atoms with E-state index >= 15 is 0 Å². The molecule has 1 aliphatic rings. The van der Waals surface area contributed by atoms with E-state index in [4.69, 9.17) is 0 Å². The summed E-state index contributed by atoms with van der Waals surface area (Å²) in [5, 5.41) is 9.42. The van der Waals surface area contributed by atoms with Gasteiger partial charge in [-0.2, -0.15) is 0 Å². The molecule has 1 unspecified atom stereocenters. The van der Waals surface area contributed by atoms with Gasteiger partial charge in [-0.15, -0.1) is 0 Å². The lowest BCUT2D eigenvalue weighted by atomic mass is 9.98. The third-order valence-corrected chi connectivity index (χ3v) is 4.04. The zero-order chi connectivity index (χ0) is 13.7. The SMILES string of the molecule is CCC1CCCN(C(=O)Cc2cccc(O)c2)CC1. The molecule has 0 aromatic heterocycles. The van der Waals surface area contributed by atoms with E-state index in [2.05, 4.69) is 6.92 Å². The van der Waals surface area contributed by atoms with E-state index in [1.54, 1.807) is 18.2 Å². The second kappa shape index (κ2) is 6.60. The molecule has 0 aliphatic carbocycles. The molecule has 3 heteroatoms. The lowest BCUT2D eigenvalue weighted by Crippen LogP contribution is -2.33. The Morgan fingerprint density at radius 3 is 2.95 bits per heavy atom. The topological polar surface area (TPSA) is 40.5 Å². The molecule has 0 radical (unpaired) electrons. The maximum absolute atomic E-state index is 12.3. The Hall–Kier alpha value is -1.51. The number of hydrogen-bond donors (Lipinski definition) is 1. The van der Waals surface area contributed by atoms with Crippen LogP contribution in [-0.4, -0.2) is 29.0 Å². The molecule has 1 atom stereocenters. The number of nitrogens with zero attached hydrogens (tertiary/aromatic N) is 1. The van der Waals surface area contributed by atoms with Crippen molar-refractivity contribution in [2.24, 2.45) is 5.92 Å². The van der Waals surface area contributed by atoms with Crippen molar-refractivity contribution in [2.75, 3.05) is 13.1 Å². The van der Waals surface area contributed by atoms with Gasteiger partial charge in [0.15, 0.2) is 0 Å². The van der Waals surface area contributed by atoms with Gasteiger partial charge in [0, 0.05) is 13.1 Å². The Labute approximate surface area is 115 Å². The highest BCUT2D eigenvalue weighted by Gasteiger charge is 2.19. The molecule has 1 amide bonds. The molecule has 104 valence electrons. The van der Waals surface area contributed by atoms with Crippen LogP contribution in [0.4, 0.5) is 0 Å². The quantitative estimate of drug-likeness (QED) is 0.908. The monoisotopic (exact) mass is 261 g/mol. The van der Waals surface area contributed by atoms with Crippen LogP contribution in [0.2, 0.25) is 0 Å². The molecule has 2 rings (SSSR count). The van der Waals surface area contributed by atoms with Crippen LogP contribution < -0.4 is 0 Å². The minimum absolute atomic E-state index is 0.183. The molecule has 0 spiro atoms. The highest BCUT2D eigenvalue weighted by atomic mass is 16.3. The van der Waals surface area contributed by atoms with E-state index in [9.17, 15) is 9.90 Å². The fraction of sp³-hybridized carbons (Fsp3) is 0.562. The van der Waals surface area contributed by atoms with Crippen molar-refractivity contribution in [3.63, 3.8) is 0 Å². The Bertz CT molecular complexity index is 431. The van der Waals surface area contributed by atoms with Gasteiger partial charge >= 0.3 is 0 Å². The van der Waals surface area contributed by atoms with Crippen LogP contribution in [0.25, 0.3) is 0 Å². The summed E-state index contributed by atoms with van der Waals surface area (Å²) in [6.45, 7) is 4.00. The minimum Gasteiger partial charge on any atom is -0.508 e. The third kappa shape index (κ3) is 3.98. The van der Waals surface area contributed by atoms with Gasteiger partial charge in [-0.1, -0.05) is 25.5 Å². The molecule has 19 heavy (non-hydrogen) atoms. The number of benzene rings is 1. The van der Waals surface area contributed by atoms with Gasteiger partial charge in [-0.3, -0.25) is 4.79 Å². The molecule has 1 heterocycles. The summed E-state index contributed by atoms with van der Waals surface area (Å²) in [4.78, 5) is 14.3. The van der Waals surface area contributed by atoms with E-state index < -0.39 is 0 Å². The summed E-state index contributed by atoms with van der Waals surface area (Å²) in [5.41, 5.74) is 0.890. The molecule has 0 bridgehead atoms. The molecule has 1 aromatic carbocycles. The average Bonchev–Trinajstić information content (AvgIpc) is 2.64. The predicted octanol–water partition coefficient (Wildman–Crippen LogP) is 2.97. The molecule has 3 nitrogen and oxygen atoms in total. The van der Waals surface area contributed by atoms with E-state index in [1.807, 2.05) is 11.0 Å². The largest absolute Gasteiger partial charge is 0.508 e. The van der Waals surface area contributed by atoms with Crippen LogP contribution >= 0.6 is 0 Å². The first kappa shape index (κ1) is 13.9. The maximum Gasteiger partial charge on any atom is 0.226 e. The number of likely N-dealkylation sites (tertiary alicyclic amines) is 1. The van der Waals surface area contributed by atoms with Crippen molar-refractivity contribution in [3.8, 4) is 5.75 Å². The maximum atomic E-state index is 12.3. The number of phenols is 1. The van der Waals surface area contributed by atoms with Crippen molar-refractivity contribution in [1.29, 1.82) is 0 Å². The Kier molecular flexibility index (Phi) is 4.83. The number of phenolic OH excluding ortho intramolecular Hbond substituents is 1. The summed E-state index contributed by atoms with van der Waals surface area (Å²) in [6, 6.07) is 6.98. The summed E-state index contributed by atoms with van der Waals surface area (Å²) in [6.07, 6.45) is 5.10. The molecule has 1 fully saturated rings. The van der Waals surface area contributed by atoms with Gasteiger partial charge in [-0.25, -0.2) is 0 Å². The summed E-state index contributed by atoms with van der Waals surface area (Å²) in [7, 11) is 0. The molecular weight excluding hydrogens is 238 g/mol. The van der Waals surface area contributed by atoms with Crippen molar-refractivity contribution in [3.05, 3.63) is 29.8 Å². The van der Waals surface area contributed by atoms with Crippen LogP contribution in [0.1, 0.15) is 38.2 Å². The standard InChI is InChI=1S/C16H23NO2/c1-2-13-6-4-9-17(10-8-13)16(19)12-14-5-3-7-15(18)11-14/h3,5,7,11,13,18H,2,4,6,8-10,12H2,1H3. The van der Waals surface area contributed by atoms with Crippen molar-refractivity contribution < 1.29 is 9.90 Å². The van der Waals surface area contributed by atoms with E-state index in [0.29, 0.717) is 6.42 Å². The normalized spacial score (nSPS) is 20.1. The zero-order valence-corrected chi connectivity index (χ0v) is 11.6. The van der Waals surface area contributed by atoms with E-state index in [-0.39, 0.29) is 11.7 Å². The summed E-state index contributed by atoms with van der Waals surface area (Å²) in [5.74, 6) is 1.19. The van der Waals surface area contributed by atoms with Crippen LogP contribution in [0, 0.1) is 5.92 Å². The lowest BCUT2D eigenvalue weighted by Gasteiger charge is -2.20. The molecule has 0 saturated carbocycles. The first-order valence-corrected chi connectivity index (χ1v) is 7.24. The predicted molar refractivity (Wildman–Crippen MR) is 76.0 cm³/mol. The molecule has 1 saturated heterocycles. The van der Waals surface area contributed by atoms with Gasteiger partial charge in [0.2, 0.25) is 5.91 Å². The number of carbonyl (C=O) groups is 1. The molecule has 1 aliphatic heterocycles. The third-order valence-electron chi connectivity index (χ3n) is 4.04.